The summed E-state index contributed by atoms with van der Waals surface area (Å²) in [6, 6.07) is 9.31. The zero-order chi connectivity index (χ0) is 32.3. The van der Waals surface area contributed by atoms with Crippen LogP contribution in [0.2, 0.25) is 5.28 Å². The number of para-hydroxylation sites is 1. The lowest BCUT2D eigenvalue weighted by Gasteiger charge is -2.27. The number of aliphatic hydroxyl groups excluding tert-OH is 2. The van der Waals surface area contributed by atoms with Crippen LogP contribution in [0.5, 0.6) is 5.75 Å². The van der Waals surface area contributed by atoms with Crippen LogP contribution in [0.15, 0.2) is 42.6 Å². The molecule has 2 fully saturated rings. The Kier molecular flexibility index (Phi) is 10.3. The minimum Gasteiger partial charge on any atom is -0.468 e. The summed E-state index contributed by atoms with van der Waals surface area (Å²) < 4.78 is 31.9. The molecule has 244 valence electrons. The number of anilines is 1. The maximum Gasteiger partial charge on any atom is 0.326 e. The number of carbonyl (C=O) groups excluding carboxylic acids is 2. The van der Waals surface area contributed by atoms with E-state index in [1.54, 1.807) is 47.2 Å². The fraction of sp³-hybridized carbons (Fsp3) is 0.517. The Hall–Kier alpha value is -3.26. The number of nitrogens with one attached hydrogen (secondary N) is 2. The summed E-state index contributed by atoms with van der Waals surface area (Å²) in [4.78, 5) is 35.3. The molecule has 6 atom stereocenters. The molecule has 16 heteroatoms. The smallest absolute Gasteiger partial charge is 0.326 e. The molecule has 14 nitrogen and oxygen atoms in total. The molecule has 3 aromatic rings. The molecule has 2 aromatic heterocycles. The van der Waals surface area contributed by atoms with Crippen molar-refractivity contribution in [1.29, 1.82) is 0 Å². The van der Waals surface area contributed by atoms with Gasteiger partial charge in [-0.25, -0.2) is 10.1 Å². The number of fused-ring (bicyclic) bond motifs is 1. The van der Waals surface area contributed by atoms with E-state index in [0.29, 0.717) is 16.9 Å². The van der Waals surface area contributed by atoms with E-state index in [0.717, 1.165) is 25.7 Å². The van der Waals surface area contributed by atoms with Crippen molar-refractivity contribution in [2.24, 2.45) is 0 Å². The van der Waals surface area contributed by atoms with Gasteiger partial charge in [-0.2, -0.15) is 4.98 Å². The summed E-state index contributed by atoms with van der Waals surface area (Å²) in [5.74, 6) is -0.462. The normalized spacial score (nSPS) is 23.9. The summed E-state index contributed by atoms with van der Waals surface area (Å²) in [5.41, 5.74) is 0.418. The average Bonchev–Trinajstić information content (AvgIpc) is 3.73. The second-order valence-electron chi connectivity index (χ2n) is 11.4. The van der Waals surface area contributed by atoms with Crippen molar-refractivity contribution in [2.75, 3.05) is 32.2 Å². The number of benzene rings is 1. The summed E-state index contributed by atoms with van der Waals surface area (Å²) in [6.45, 7) is 1.30. The number of halogens is 1. The van der Waals surface area contributed by atoms with Gasteiger partial charge in [0.25, 0.3) is 0 Å². The van der Waals surface area contributed by atoms with Gasteiger partial charge >= 0.3 is 13.5 Å². The molecule has 1 saturated heterocycles. The van der Waals surface area contributed by atoms with Crippen molar-refractivity contribution >= 4 is 47.8 Å². The van der Waals surface area contributed by atoms with Gasteiger partial charge in [-0.1, -0.05) is 31.0 Å². The van der Waals surface area contributed by atoms with Gasteiger partial charge in [0.2, 0.25) is 11.2 Å². The van der Waals surface area contributed by atoms with Gasteiger partial charge in [0.15, 0.2) is 6.23 Å². The van der Waals surface area contributed by atoms with Crippen molar-refractivity contribution < 1.29 is 38.4 Å². The van der Waals surface area contributed by atoms with Crippen molar-refractivity contribution in [3.63, 3.8) is 0 Å². The Labute approximate surface area is 265 Å². The van der Waals surface area contributed by atoms with Gasteiger partial charge in [-0.15, -0.1) is 0 Å². The van der Waals surface area contributed by atoms with Crippen LogP contribution in [0.1, 0.15) is 38.8 Å². The molecule has 0 spiro atoms. The molecule has 5 rings (SSSR count). The number of hydrogen-bond acceptors (Lipinski definition) is 11. The van der Waals surface area contributed by atoms with Crippen LogP contribution >= 0.6 is 19.1 Å². The quantitative estimate of drug-likeness (QED) is 0.127. The molecule has 4 N–H and O–H groups in total. The number of aromatic nitrogens is 3. The number of carbonyl (C=O) groups is 2. The van der Waals surface area contributed by atoms with E-state index in [9.17, 15) is 24.4 Å². The molecule has 0 bridgehead atoms. The van der Waals surface area contributed by atoms with Crippen LogP contribution < -0.4 is 14.9 Å². The van der Waals surface area contributed by atoms with Gasteiger partial charge in [-0.3, -0.25) is 14.2 Å². The third kappa shape index (κ3) is 7.59. The number of hydrogen-bond donors (Lipinski definition) is 4. The first-order valence-electron chi connectivity index (χ1n) is 14.7. The Balaban J connectivity index is 1.29. The number of aliphatic hydroxyl groups is 2. The van der Waals surface area contributed by atoms with Gasteiger partial charge in [0.1, 0.15) is 47.7 Å². The van der Waals surface area contributed by atoms with Gasteiger partial charge in [0.05, 0.1) is 12.5 Å². The molecule has 3 heterocycles. The molecule has 1 amide bonds. The van der Waals surface area contributed by atoms with E-state index in [-0.39, 0.29) is 23.6 Å². The first kappa shape index (κ1) is 33.1. The van der Waals surface area contributed by atoms with Crippen LogP contribution in [0.25, 0.3) is 11.0 Å². The second kappa shape index (κ2) is 14.0. The van der Waals surface area contributed by atoms with Gasteiger partial charge in [0, 0.05) is 25.8 Å². The third-order valence-corrected chi connectivity index (χ3v) is 10.2. The van der Waals surface area contributed by atoms with Crippen molar-refractivity contribution in [1.82, 2.24) is 24.5 Å². The van der Waals surface area contributed by atoms with E-state index < -0.39 is 56.1 Å². The summed E-state index contributed by atoms with van der Waals surface area (Å²) in [7, 11) is -1.33. The van der Waals surface area contributed by atoms with Crippen LogP contribution in [0.3, 0.4) is 0 Å². The molecule has 1 aliphatic carbocycles. The predicted octanol–water partition coefficient (Wildman–Crippen LogP) is 2.94. The lowest BCUT2D eigenvalue weighted by molar-refractivity contribution is -0.142. The summed E-state index contributed by atoms with van der Waals surface area (Å²) in [6.07, 6.45) is 0.657. The molecule has 1 saturated carbocycles. The van der Waals surface area contributed by atoms with Crippen molar-refractivity contribution in [2.45, 2.75) is 69.2 Å². The number of methoxy groups -OCH3 is 1. The lowest BCUT2D eigenvalue weighted by Crippen LogP contribution is -2.43. The van der Waals surface area contributed by atoms with Gasteiger partial charge in [-0.05, 0) is 49.6 Å². The SMILES string of the molecule is COC(=O)[C@H](C)NP(=O)(CC(=O)N(C)C[C@H]1O[C@@H](n2ccc3c(NC4CCCC4)nc(Cl)nc32)[C@H](O)[C@@H]1O)Oc1ccccc1. The minimum atomic E-state index is -3.98. The summed E-state index contributed by atoms with van der Waals surface area (Å²) in [5, 5.41) is 28.7. The molecule has 1 aromatic carbocycles. The second-order valence-corrected chi connectivity index (χ2v) is 13.8. The lowest BCUT2D eigenvalue weighted by atomic mass is 10.1. The highest BCUT2D eigenvalue weighted by atomic mass is 35.5. The van der Waals surface area contributed by atoms with E-state index in [1.165, 1.54) is 26.0 Å². The van der Waals surface area contributed by atoms with E-state index in [2.05, 4.69) is 20.4 Å². The Bertz CT molecular complexity index is 1550. The highest BCUT2D eigenvalue weighted by Gasteiger charge is 2.45. The average molecular weight is 665 g/mol. The van der Waals surface area contributed by atoms with E-state index >= 15 is 0 Å². The monoisotopic (exact) mass is 664 g/mol. The highest BCUT2D eigenvalue weighted by Crippen LogP contribution is 2.44. The molecule has 2 aliphatic rings. The third-order valence-electron chi connectivity index (χ3n) is 8.02. The Morgan fingerprint density at radius 1 is 1.18 bits per heavy atom. The number of likely N-dealkylation sites (N-methyl/N-ethyl adjacent to an activating group) is 1. The fourth-order valence-corrected chi connectivity index (χ4v) is 7.77. The number of amides is 1. The number of ether oxygens (including phenoxy) is 2. The van der Waals surface area contributed by atoms with E-state index in [1.807, 2.05) is 0 Å². The van der Waals surface area contributed by atoms with Crippen molar-refractivity contribution in [3.8, 4) is 5.75 Å². The molecular weight excluding hydrogens is 627 g/mol. The van der Waals surface area contributed by atoms with Crippen molar-refractivity contribution in [3.05, 3.63) is 47.9 Å². The minimum absolute atomic E-state index is 0.0233. The molecule has 45 heavy (non-hydrogen) atoms. The first-order valence-corrected chi connectivity index (χ1v) is 16.9. The fourth-order valence-electron chi connectivity index (χ4n) is 5.65. The zero-order valence-electron chi connectivity index (χ0n) is 25.2. The summed E-state index contributed by atoms with van der Waals surface area (Å²) >= 11 is 6.27. The first-order chi connectivity index (χ1) is 21.5. The number of nitrogens with zero attached hydrogens (tertiary/aromatic N) is 4. The molecule has 1 unspecified atom stereocenters. The standard InChI is InChI=1S/C29H38ClN6O8P/c1-17(28(40)42-3)34-45(41,44-19-11-5-4-6-12-19)16-22(37)35(2)15-21-23(38)24(39)27(43-21)36-14-13-20-25(31-18-9-7-8-10-18)32-29(30)33-26(20)36/h4-6,11-14,17-18,21,23-24,27,38-39H,7-10,15-16H2,1-3H3,(H,34,41)(H,31,32,33)/t17-,21+,23+,24+,27+,45?/m0/s1. The van der Waals surface area contributed by atoms with Crippen LogP contribution in [-0.2, 0) is 23.6 Å². The number of rotatable bonds is 12. The largest absolute Gasteiger partial charge is 0.468 e. The maximum atomic E-state index is 13.8. The number of esters is 1. The van der Waals surface area contributed by atoms with Gasteiger partial charge < -0.3 is 39.0 Å². The predicted molar refractivity (Wildman–Crippen MR) is 166 cm³/mol. The van der Waals surface area contributed by atoms with E-state index in [4.69, 9.17) is 25.6 Å². The molecule has 0 radical (unpaired) electrons. The molecular formula is C29H38ClN6O8P. The Morgan fingerprint density at radius 2 is 1.89 bits per heavy atom. The molecule has 1 aliphatic heterocycles. The maximum absolute atomic E-state index is 13.8. The Morgan fingerprint density at radius 3 is 2.58 bits per heavy atom. The highest BCUT2D eigenvalue weighted by molar-refractivity contribution is 7.58. The zero-order valence-corrected chi connectivity index (χ0v) is 26.9. The van der Waals surface area contributed by atoms with Crippen LogP contribution in [0.4, 0.5) is 5.82 Å². The van der Waals surface area contributed by atoms with Crippen LogP contribution in [0, 0.1) is 0 Å². The van der Waals surface area contributed by atoms with Crippen LogP contribution in [-0.4, -0.2) is 98.8 Å². The topological polar surface area (TPSA) is 177 Å².